The molecule has 6 atom stereocenters. The van der Waals surface area contributed by atoms with Crippen molar-refractivity contribution in [1.29, 1.82) is 0 Å². The van der Waals surface area contributed by atoms with Gasteiger partial charge in [0, 0.05) is 0 Å². The van der Waals surface area contributed by atoms with Crippen molar-refractivity contribution < 1.29 is 19.1 Å². The van der Waals surface area contributed by atoms with Crippen molar-refractivity contribution in [1.82, 2.24) is 0 Å². The summed E-state index contributed by atoms with van der Waals surface area (Å²) in [6.07, 6.45) is 11.3. The number of fused-ring (bicyclic) bond motifs is 5. The van der Waals surface area contributed by atoms with E-state index in [1.165, 1.54) is 30.4 Å². The van der Waals surface area contributed by atoms with Crippen molar-refractivity contribution in [3.05, 3.63) is 70.8 Å². The van der Waals surface area contributed by atoms with Crippen molar-refractivity contribution in [2.24, 2.45) is 23.7 Å². The zero-order valence-electron chi connectivity index (χ0n) is 22.5. The summed E-state index contributed by atoms with van der Waals surface area (Å²) < 4.78 is 12.2. The molecule has 0 saturated heterocycles. The van der Waals surface area contributed by atoms with Crippen LogP contribution in [0.2, 0.25) is 0 Å². The van der Waals surface area contributed by atoms with Crippen LogP contribution in [-0.4, -0.2) is 24.1 Å². The first-order chi connectivity index (χ1) is 18.1. The highest BCUT2D eigenvalue weighted by Gasteiger charge is 2.53. The Hall–Kier alpha value is -2.62. The molecule has 4 nitrogen and oxygen atoms in total. The molecule has 0 heterocycles. The molecule has 3 saturated carbocycles. The molecule has 0 N–H and O–H groups in total. The minimum atomic E-state index is -0.388. The number of carbonyl (C=O) groups excluding carboxylic acids is 2. The summed E-state index contributed by atoms with van der Waals surface area (Å²) in [4.78, 5) is 26.3. The van der Waals surface area contributed by atoms with E-state index >= 15 is 0 Å². The zero-order chi connectivity index (χ0) is 25.8. The maximum absolute atomic E-state index is 13.2. The smallest absolute Gasteiger partial charge is 0.338 e. The van der Waals surface area contributed by atoms with Gasteiger partial charge in [-0.25, -0.2) is 9.59 Å². The summed E-state index contributed by atoms with van der Waals surface area (Å²) in [6, 6.07) is 15.6. The van der Waals surface area contributed by atoms with Crippen LogP contribution in [0.25, 0.3) is 0 Å². The fourth-order valence-electron chi connectivity index (χ4n) is 7.14. The summed E-state index contributed by atoms with van der Waals surface area (Å²) in [6.45, 7) is 4.37. The van der Waals surface area contributed by atoms with Crippen LogP contribution in [0.5, 0.6) is 0 Å². The molecule has 3 aliphatic rings. The van der Waals surface area contributed by atoms with Gasteiger partial charge in [0.05, 0.1) is 11.1 Å². The van der Waals surface area contributed by atoms with Crippen LogP contribution in [0.15, 0.2) is 48.5 Å². The largest absolute Gasteiger partial charge is 0.455 e. The second kappa shape index (κ2) is 11.8. The average Bonchev–Trinajstić information content (AvgIpc) is 3.54. The van der Waals surface area contributed by atoms with Crippen LogP contribution in [0.1, 0.15) is 103 Å². The minimum Gasteiger partial charge on any atom is -0.455 e. The summed E-state index contributed by atoms with van der Waals surface area (Å²) in [5, 5.41) is 0. The molecule has 0 aromatic heterocycles. The Kier molecular flexibility index (Phi) is 8.32. The van der Waals surface area contributed by atoms with Crippen molar-refractivity contribution >= 4 is 11.9 Å². The quantitative estimate of drug-likeness (QED) is 0.314. The number of unbranched alkanes of at least 4 members (excludes halogenated alkanes) is 2. The van der Waals surface area contributed by atoms with Gasteiger partial charge in [-0.1, -0.05) is 51.0 Å². The molecule has 6 unspecified atom stereocenters. The second-order valence-corrected chi connectivity index (χ2v) is 11.6. The second-order valence-electron chi connectivity index (χ2n) is 11.6. The van der Waals surface area contributed by atoms with Crippen LogP contribution >= 0.6 is 0 Å². The van der Waals surface area contributed by atoms with Gasteiger partial charge in [-0.05, 0) is 117 Å². The van der Waals surface area contributed by atoms with E-state index in [2.05, 4.69) is 13.8 Å². The molecular formula is C33H42O4. The molecule has 2 bridgehead atoms. The first kappa shape index (κ1) is 26.0. The van der Waals surface area contributed by atoms with Gasteiger partial charge in [0.25, 0.3) is 0 Å². The third-order valence-electron chi connectivity index (χ3n) is 9.23. The molecule has 0 radical (unpaired) electrons. The summed E-state index contributed by atoms with van der Waals surface area (Å²) in [7, 11) is 0. The van der Waals surface area contributed by atoms with Crippen molar-refractivity contribution in [2.45, 2.75) is 96.7 Å². The van der Waals surface area contributed by atoms with Crippen LogP contribution in [0.4, 0.5) is 0 Å². The molecule has 3 fully saturated rings. The lowest BCUT2D eigenvalue weighted by Crippen LogP contribution is -2.45. The molecule has 5 rings (SSSR count). The number of carbonyl (C=O) groups is 2. The molecule has 3 aliphatic carbocycles. The first-order valence-corrected chi connectivity index (χ1v) is 14.7. The number of rotatable bonds is 10. The Morgan fingerprint density at radius 1 is 0.649 bits per heavy atom. The predicted octanol–water partition coefficient (Wildman–Crippen LogP) is 7.58. The van der Waals surface area contributed by atoms with Crippen molar-refractivity contribution in [3.8, 4) is 0 Å². The number of hydrogen-bond acceptors (Lipinski definition) is 4. The highest BCUT2D eigenvalue weighted by molar-refractivity contribution is 5.90. The third kappa shape index (κ3) is 5.94. The van der Waals surface area contributed by atoms with Gasteiger partial charge >= 0.3 is 11.9 Å². The van der Waals surface area contributed by atoms with E-state index < -0.39 is 0 Å². The number of ether oxygens (including phenoxy) is 2. The van der Waals surface area contributed by atoms with Gasteiger partial charge < -0.3 is 9.47 Å². The van der Waals surface area contributed by atoms with Crippen LogP contribution in [0.3, 0.4) is 0 Å². The summed E-state index contributed by atoms with van der Waals surface area (Å²) in [5.74, 6) is 2.02. The SMILES string of the molecule is CCCCc1ccc(C(=O)OC2CC3C4CCC(C4)C3CC2OC(=O)c2ccc(CCCC)cc2)cc1. The van der Waals surface area contributed by atoms with E-state index in [1.807, 2.05) is 48.5 Å². The normalized spacial score (nSPS) is 28.1. The first-order valence-electron chi connectivity index (χ1n) is 14.7. The Labute approximate surface area is 222 Å². The zero-order valence-corrected chi connectivity index (χ0v) is 22.5. The Bertz CT molecular complexity index is 971. The lowest BCUT2D eigenvalue weighted by atomic mass is 9.69. The topological polar surface area (TPSA) is 52.6 Å². The highest BCUT2D eigenvalue weighted by Crippen LogP contribution is 2.58. The molecular weight excluding hydrogens is 460 g/mol. The molecule has 0 amide bonds. The lowest BCUT2D eigenvalue weighted by Gasteiger charge is -2.42. The maximum atomic E-state index is 13.2. The number of esters is 2. The predicted molar refractivity (Wildman–Crippen MR) is 146 cm³/mol. The summed E-state index contributed by atoms with van der Waals surface area (Å²) in [5.41, 5.74) is 3.63. The van der Waals surface area contributed by atoms with Gasteiger partial charge in [-0.15, -0.1) is 0 Å². The van der Waals surface area contributed by atoms with Gasteiger partial charge in [0.2, 0.25) is 0 Å². The van der Waals surface area contributed by atoms with E-state index in [1.54, 1.807) is 0 Å². The Morgan fingerprint density at radius 3 is 1.43 bits per heavy atom. The highest BCUT2D eigenvalue weighted by atomic mass is 16.6. The molecule has 198 valence electrons. The molecule has 37 heavy (non-hydrogen) atoms. The molecule has 2 aromatic rings. The van der Waals surface area contributed by atoms with E-state index in [-0.39, 0.29) is 24.1 Å². The molecule has 0 spiro atoms. The van der Waals surface area contributed by atoms with Gasteiger partial charge in [0.1, 0.15) is 12.2 Å². The number of aryl methyl sites for hydroxylation is 2. The van der Waals surface area contributed by atoms with Crippen LogP contribution < -0.4 is 0 Å². The fraction of sp³-hybridized carbons (Fsp3) is 0.576. The Morgan fingerprint density at radius 2 is 1.05 bits per heavy atom. The van der Waals surface area contributed by atoms with Crippen LogP contribution in [0, 0.1) is 23.7 Å². The Balaban J connectivity index is 1.27. The number of benzene rings is 2. The van der Waals surface area contributed by atoms with Crippen LogP contribution in [-0.2, 0) is 22.3 Å². The third-order valence-corrected chi connectivity index (χ3v) is 9.23. The van der Waals surface area contributed by atoms with E-state index in [0.717, 1.165) is 63.2 Å². The van der Waals surface area contributed by atoms with E-state index in [0.29, 0.717) is 23.0 Å². The van der Waals surface area contributed by atoms with Gasteiger partial charge in [-0.2, -0.15) is 0 Å². The van der Waals surface area contributed by atoms with E-state index in [4.69, 9.17) is 9.47 Å². The minimum absolute atomic E-state index is 0.310. The van der Waals surface area contributed by atoms with Gasteiger partial charge in [-0.3, -0.25) is 0 Å². The standard InChI is InChI=1S/C33H42O4/c1-3-5-7-22-9-13-24(14-10-22)32(34)36-30-20-28-26-17-18-27(19-26)29(28)21-31(30)37-33(35)25-15-11-23(12-16-25)8-6-4-2/h9-16,26-31H,3-8,17-21H2,1-2H3. The van der Waals surface area contributed by atoms with Gasteiger partial charge in [0.15, 0.2) is 0 Å². The average molecular weight is 503 g/mol. The molecule has 0 aliphatic heterocycles. The lowest BCUT2D eigenvalue weighted by molar-refractivity contribution is -0.0822. The maximum Gasteiger partial charge on any atom is 0.338 e. The number of hydrogen-bond donors (Lipinski definition) is 0. The van der Waals surface area contributed by atoms with Crippen molar-refractivity contribution in [3.63, 3.8) is 0 Å². The molecule has 2 aromatic carbocycles. The fourth-order valence-corrected chi connectivity index (χ4v) is 7.14. The summed E-state index contributed by atoms with van der Waals surface area (Å²) >= 11 is 0. The molecule has 4 heteroatoms. The van der Waals surface area contributed by atoms with Crippen molar-refractivity contribution in [2.75, 3.05) is 0 Å². The van der Waals surface area contributed by atoms with E-state index in [9.17, 15) is 9.59 Å². The monoisotopic (exact) mass is 502 g/mol.